The van der Waals surface area contributed by atoms with Gasteiger partial charge in [-0.05, 0) is 46.9 Å². The fraction of sp³-hybridized carbons (Fsp3) is 0.0588. The van der Waals surface area contributed by atoms with Crippen molar-refractivity contribution in [2.45, 2.75) is 0 Å². The summed E-state index contributed by atoms with van der Waals surface area (Å²) in [7, 11) is 0. The lowest BCUT2D eigenvalue weighted by atomic mass is 10.2. The first-order chi connectivity index (χ1) is 10.6. The predicted molar refractivity (Wildman–Crippen MR) is 90.0 cm³/mol. The number of benzene rings is 2. The van der Waals surface area contributed by atoms with E-state index in [1.807, 2.05) is 46.9 Å². The number of esters is 1. The molecule has 0 bridgehead atoms. The van der Waals surface area contributed by atoms with Crippen LogP contribution >= 0.6 is 22.6 Å². The van der Waals surface area contributed by atoms with Crippen LogP contribution in [-0.4, -0.2) is 18.4 Å². The van der Waals surface area contributed by atoms with Gasteiger partial charge in [0.25, 0.3) is 0 Å². The van der Waals surface area contributed by atoms with Crippen LogP contribution in [0.15, 0.2) is 59.0 Å². The molecule has 110 valence electrons. The molecule has 2 aromatic carbocycles. The van der Waals surface area contributed by atoms with Gasteiger partial charge in [0.15, 0.2) is 12.4 Å². The van der Waals surface area contributed by atoms with Crippen molar-refractivity contribution in [2.75, 3.05) is 6.61 Å². The van der Waals surface area contributed by atoms with Crippen LogP contribution < -0.4 is 0 Å². The Labute approximate surface area is 140 Å². The Morgan fingerprint density at radius 1 is 1.05 bits per heavy atom. The number of fused-ring (bicyclic) bond motifs is 1. The fourth-order valence-electron chi connectivity index (χ4n) is 2.03. The number of carbonyl (C=O) groups excluding carboxylic acids is 2. The lowest BCUT2D eigenvalue weighted by Crippen LogP contribution is -2.14. The van der Waals surface area contributed by atoms with E-state index < -0.39 is 5.97 Å². The van der Waals surface area contributed by atoms with Gasteiger partial charge < -0.3 is 9.15 Å². The quantitative estimate of drug-likeness (QED) is 0.372. The zero-order chi connectivity index (χ0) is 15.5. The minimum absolute atomic E-state index is 0.191. The molecule has 0 atom stereocenters. The summed E-state index contributed by atoms with van der Waals surface area (Å²) >= 11 is 2.05. The highest BCUT2D eigenvalue weighted by Gasteiger charge is 2.16. The number of halogens is 1. The summed E-state index contributed by atoms with van der Waals surface area (Å²) in [6.45, 7) is -0.344. The first-order valence-corrected chi connectivity index (χ1v) is 7.66. The number of furan rings is 1. The van der Waals surface area contributed by atoms with Crippen molar-refractivity contribution in [3.8, 4) is 0 Å². The molecule has 4 nitrogen and oxygen atoms in total. The Kier molecular flexibility index (Phi) is 4.24. The van der Waals surface area contributed by atoms with Gasteiger partial charge in [-0.25, -0.2) is 4.79 Å². The summed E-state index contributed by atoms with van der Waals surface area (Å²) in [5.41, 5.74) is 1.08. The van der Waals surface area contributed by atoms with Crippen LogP contribution in [-0.2, 0) is 4.74 Å². The second-order valence-corrected chi connectivity index (χ2v) is 5.79. The highest BCUT2D eigenvalue weighted by Crippen LogP contribution is 2.19. The molecule has 3 aromatic rings. The van der Waals surface area contributed by atoms with Crippen molar-refractivity contribution >= 4 is 45.3 Å². The van der Waals surface area contributed by atoms with Crippen molar-refractivity contribution in [1.29, 1.82) is 0 Å². The van der Waals surface area contributed by atoms with Gasteiger partial charge in [-0.1, -0.05) is 30.3 Å². The molecule has 3 rings (SSSR count). The summed E-state index contributed by atoms with van der Waals surface area (Å²) in [5.74, 6) is -0.693. The molecule has 0 saturated heterocycles. The lowest BCUT2D eigenvalue weighted by Gasteiger charge is -2.04. The number of rotatable bonds is 4. The van der Waals surface area contributed by atoms with E-state index in [2.05, 4.69) is 0 Å². The molecule has 0 amide bonds. The molecule has 0 N–H and O–H groups in total. The standard InChI is InChI=1S/C17H11IO4/c18-13-7-3-2-6-12(13)17(20)21-10-14(19)16-9-11-5-1-4-8-15(11)22-16/h1-9H,10H2. The van der Waals surface area contributed by atoms with Crippen LogP contribution in [0.3, 0.4) is 0 Å². The molecule has 1 aromatic heterocycles. The molecule has 0 fully saturated rings. The largest absolute Gasteiger partial charge is 0.454 e. The van der Waals surface area contributed by atoms with Crippen LogP contribution in [0.2, 0.25) is 0 Å². The van der Waals surface area contributed by atoms with Gasteiger partial charge in [0.05, 0.1) is 5.56 Å². The van der Waals surface area contributed by atoms with Crippen molar-refractivity contribution < 1.29 is 18.7 Å². The highest BCUT2D eigenvalue weighted by atomic mass is 127. The topological polar surface area (TPSA) is 56.5 Å². The second kappa shape index (κ2) is 6.31. The van der Waals surface area contributed by atoms with Crippen LogP contribution in [0.1, 0.15) is 20.9 Å². The molecule has 0 aliphatic heterocycles. The van der Waals surface area contributed by atoms with Gasteiger partial charge in [-0.2, -0.15) is 0 Å². The maximum absolute atomic E-state index is 12.1. The third kappa shape index (κ3) is 3.04. The van der Waals surface area contributed by atoms with Crippen molar-refractivity contribution in [1.82, 2.24) is 0 Å². The van der Waals surface area contributed by atoms with Gasteiger partial charge >= 0.3 is 5.97 Å². The average Bonchev–Trinajstić information content (AvgIpc) is 2.97. The van der Waals surface area contributed by atoms with Crippen molar-refractivity contribution in [3.05, 3.63) is 69.5 Å². The molecular formula is C17H11IO4. The van der Waals surface area contributed by atoms with Gasteiger partial charge in [0, 0.05) is 8.96 Å². The predicted octanol–water partition coefficient (Wildman–Crippen LogP) is 4.08. The number of hydrogen-bond donors (Lipinski definition) is 0. The zero-order valence-electron chi connectivity index (χ0n) is 11.4. The summed E-state index contributed by atoms with van der Waals surface area (Å²) in [6.07, 6.45) is 0. The second-order valence-electron chi connectivity index (χ2n) is 4.63. The van der Waals surface area contributed by atoms with Crippen molar-refractivity contribution in [2.24, 2.45) is 0 Å². The van der Waals surface area contributed by atoms with Crippen molar-refractivity contribution in [3.63, 3.8) is 0 Å². The molecular weight excluding hydrogens is 395 g/mol. The summed E-state index contributed by atoms with van der Waals surface area (Å²) in [6, 6.07) is 16.0. The number of ketones is 1. The Balaban J connectivity index is 1.69. The minimum Gasteiger partial charge on any atom is -0.454 e. The first-order valence-electron chi connectivity index (χ1n) is 6.58. The number of Topliss-reactive ketones (excluding diaryl/α,β-unsaturated/α-hetero) is 1. The number of ether oxygens (including phenoxy) is 1. The zero-order valence-corrected chi connectivity index (χ0v) is 13.6. The number of para-hydroxylation sites is 1. The Morgan fingerprint density at radius 3 is 2.55 bits per heavy atom. The Morgan fingerprint density at radius 2 is 1.77 bits per heavy atom. The summed E-state index contributed by atoms with van der Waals surface area (Å²) in [4.78, 5) is 24.0. The maximum Gasteiger partial charge on any atom is 0.339 e. The average molecular weight is 406 g/mol. The lowest BCUT2D eigenvalue weighted by molar-refractivity contribution is 0.0467. The Hall–Kier alpha value is -2.15. The summed E-state index contributed by atoms with van der Waals surface area (Å²) in [5, 5.41) is 0.842. The number of hydrogen-bond acceptors (Lipinski definition) is 4. The van der Waals surface area contributed by atoms with Crippen LogP contribution in [0.25, 0.3) is 11.0 Å². The van der Waals surface area contributed by atoms with E-state index in [0.29, 0.717) is 11.1 Å². The molecule has 22 heavy (non-hydrogen) atoms. The molecule has 5 heteroatoms. The maximum atomic E-state index is 12.1. The fourth-order valence-corrected chi connectivity index (χ4v) is 2.63. The smallest absolute Gasteiger partial charge is 0.339 e. The van der Waals surface area contributed by atoms with E-state index in [1.165, 1.54) is 0 Å². The minimum atomic E-state index is -0.519. The van der Waals surface area contributed by atoms with Gasteiger partial charge in [0.1, 0.15) is 5.58 Å². The van der Waals surface area contributed by atoms with Gasteiger partial charge in [0.2, 0.25) is 5.78 Å². The van der Waals surface area contributed by atoms with Crippen LogP contribution in [0.4, 0.5) is 0 Å². The highest BCUT2D eigenvalue weighted by molar-refractivity contribution is 14.1. The molecule has 0 spiro atoms. The van der Waals surface area contributed by atoms with Gasteiger partial charge in [-0.3, -0.25) is 4.79 Å². The monoisotopic (exact) mass is 406 g/mol. The van der Waals surface area contributed by atoms with E-state index in [0.717, 1.165) is 8.96 Å². The first kappa shape index (κ1) is 14.8. The van der Waals surface area contributed by atoms with Crippen LogP contribution in [0.5, 0.6) is 0 Å². The summed E-state index contributed by atoms with van der Waals surface area (Å²) < 4.78 is 11.3. The third-order valence-electron chi connectivity index (χ3n) is 3.13. The molecule has 1 heterocycles. The normalized spacial score (nSPS) is 10.6. The molecule has 0 saturated carbocycles. The third-order valence-corrected chi connectivity index (χ3v) is 4.07. The van der Waals surface area contributed by atoms with E-state index >= 15 is 0 Å². The van der Waals surface area contributed by atoms with E-state index in [-0.39, 0.29) is 18.2 Å². The molecule has 0 aliphatic rings. The Bertz CT molecular complexity index is 817. The van der Waals surface area contributed by atoms with E-state index in [4.69, 9.17) is 9.15 Å². The molecule has 0 radical (unpaired) electrons. The molecule has 0 aliphatic carbocycles. The van der Waals surface area contributed by atoms with Crippen LogP contribution in [0, 0.1) is 3.57 Å². The van der Waals surface area contributed by atoms with E-state index in [9.17, 15) is 9.59 Å². The SMILES string of the molecule is O=C(COC(=O)c1ccccc1I)c1cc2ccccc2o1. The van der Waals surface area contributed by atoms with Gasteiger partial charge in [-0.15, -0.1) is 0 Å². The van der Waals surface area contributed by atoms with E-state index in [1.54, 1.807) is 30.3 Å². The number of carbonyl (C=O) groups is 2. The molecule has 0 unspecified atom stereocenters.